The first-order valence-corrected chi connectivity index (χ1v) is 9.15. The molecule has 3 heterocycles. The van der Waals surface area contributed by atoms with E-state index in [2.05, 4.69) is 15.2 Å². The summed E-state index contributed by atoms with van der Waals surface area (Å²) in [4.78, 5) is 4.67. The minimum Gasteiger partial charge on any atom is -0.268 e. The molecule has 5 rings (SSSR count). The lowest BCUT2D eigenvalue weighted by Crippen LogP contribution is -2.31. The number of fused-ring (bicyclic) bond motifs is 3. The molecule has 0 saturated heterocycles. The van der Waals surface area contributed by atoms with E-state index in [9.17, 15) is 4.57 Å². The number of hydrogen-bond donors (Lipinski definition) is 0. The van der Waals surface area contributed by atoms with Gasteiger partial charge in [0, 0.05) is 0 Å². The Morgan fingerprint density at radius 2 is 1.62 bits per heavy atom. The van der Waals surface area contributed by atoms with Gasteiger partial charge in [-0.05, 0) is 24.3 Å². The van der Waals surface area contributed by atoms with Gasteiger partial charge in [0.2, 0.25) is 0 Å². The highest BCUT2D eigenvalue weighted by atomic mass is 31.2. The third-order valence-electron chi connectivity index (χ3n) is 4.24. The molecular formula is C16H13N6OP. The summed E-state index contributed by atoms with van der Waals surface area (Å²) >= 11 is 0. The molecule has 0 bridgehead atoms. The number of rotatable bonds is 2. The van der Waals surface area contributed by atoms with Gasteiger partial charge in [-0.1, -0.05) is 30.3 Å². The van der Waals surface area contributed by atoms with E-state index in [0.717, 1.165) is 22.2 Å². The Labute approximate surface area is 137 Å². The maximum absolute atomic E-state index is 14.3. The largest absolute Gasteiger partial charge is 0.312 e. The zero-order valence-corrected chi connectivity index (χ0v) is 13.5. The van der Waals surface area contributed by atoms with Gasteiger partial charge in [0.25, 0.3) is 0 Å². The van der Waals surface area contributed by atoms with Crippen molar-refractivity contribution in [3.05, 3.63) is 73.1 Å². The van der Waals surface area contributed by atoms with Gasteiger partial charge in [-0.15, -0.1) is 10.2 Å². The maximum atomic E-state index is 14.3. The van der Waals surface area contributed by atoms with Crippen LogP contribution in [0.4, 0.5) is 0 Å². The summed E-state index contributed by atoms with van der Waals surface area (Å²) in [5, 5.41) is 8.46. The van der Waals surface area contributed by atoms with E-state index >= 15 is 0 Å². The number of para-hydroxylation sites is 2. The Balaban J connectivity index is 1.84. The van der Waals surface area contributed by atoms with Gasteiger partial charge in [0.15, 0.2) is 0 Å². The van der Waals surface area contributed by atoms with Crippen LogP contribution in [-0.2, 0) is 11.1 Å². The number of benzene rings is 2. The Kier molecular flexibility index (Phi) is 2.69. The normalized spacial score (nSPS) is 19.8. The highest BCUT2D eigenvalue weighted by Crippen LogP contribution is 2.56. The van der Waals surface area contributed by atoms with E-state index in [1.54, 1.807) is 22.1 Å². The minimum absolute atomic E-state index is 0.429. The SMILES string of the molecule is O=P1(c2ccccc2)N(n2cnnc2)Cc2nc3ccccc3n21. The fraction of sp³-hybridized carbons (Fsp3) is 0.0625. The van der Waals surface area contributed by atoms with Gasteiger partial charge < -0.3 is 0 Å². The molecule has 118 valence electrons. The number of hydrogen-bond acceptors (Lipinski definition) is 4. The van der Waals surface area contributed by atoms with Gasteiger partial charge in [-0.3, -0.25) is 8.90 Å². The first-order chi connectivity index (χ1) is 11.8. The molecule has 0 spiro atoms. The van der Waals surface area contributed by atoms with Crippen LogP contribution in [0.5, 0.6) is 0 Å². The van der Waals surface area contributed by atoms with Crippen molar-refractivity contribution in [1.82, 2.24) is 24.2 Å². The van der Waals surface area contributed by atoms with Gasteiger partial charge in [-0.2, -0.15) is 0 Å². The van der Waals surface area contributed by atoms with Gasteiger partial charge >= 0.3 is 7.44 Å². The van der Waals surface area contributed by atoms with Crippen LogP contribution in [0.2, 0.25) is 0 Å². The first-order valence-electron chi connectivity index (χ1n) is 7.54. The van der Waals surface area contributed by atoms with Gasteiger partial charge in [0.1, 0.15) is 25.0 Å². The average Bonchev–Trinajstić information content (AvgIpc) is 3.32. The summed E-state index contributed by atoms with van der Waals surface area (Å²) in [7, 11) is -3.14. The molecular weight excluding hydrogens is 323 g/mol. The van der Waals surface area contributed by atoms with Crippen molar-refractivity contribution in [2.45, 2.75) is 6.54 Å². The molecule has 24 heavy (non-hydrogen) atoms. The highest BCUT2D eigenvalue weighted by Gasteiger charge is 2.44. The predicted molar refractivity (Wildman–Crippen MR) is 90.8 cm³/mol. The summed E-state index contributed by atoms with van der Waals surface area (Å²) in [6.07, 6.45) is 3.12. The fourth-order valence-electron chi connectivity index (χ4n) is 3.20. The summed E-state index contributed by atoms with van der Waals surface area (Å²) in [5.41, 5.74) is 1.72. The average molecular weight is 336 g/mol. The second kappa shape index (κ2) is 4.79. The second-order valence-electron chi connectivity index (χ2n) is 5.58. The third-order valence-corrected chi connectivity index (χ3v) is 7.17. The molecule has 8 heteroatoms. The van der Waals surface area contributed by atoms with Crippen LogP contribution in [0.25, 0.3) is 11.0 Å². The molecule has 2 aromatic heterocycles. The standard InChI is InChI=1S/C16H13N6OP/c23-24(13-6-2-1-3-7-13)21(20-11-17-18-12-20)10-16-19-14-8-4-5-9-15(14)22(16)24/h1-9,11-12H,10H2. The summed E-state index contributed by atoms with van der Waals surface area (Å²) in [6, 6.07) is 17.3. The van der Waals surface area contributed by atoms with Crippen LogP contribution >= 0.6 is 7.44 Å². The van der Waals surface area contributed by atoms with Crippen molar-refractivity contribution in [2.75, 3.05) is 4.78 Å². The smallest absolute Gasteiger partial charge is 0.268 e. The summed E-state index contributed by atoms with van der Waals surface area (Å²) in [6.45, 7) is 0.429. The third kappa shape index (κ3) is 1.67. The van der Waals surface area contributed by atoms with Crippen LogP contribution in [0, 0.1) is 0 Å². The molecule has 4 aromatic rings. The van der Waals surface area contributed by atoms with Crippen LogP contribution in [0.1, 0.15) is 5.82 Å². The van der Waals surface area contributed by atoms with Gasteiger partial charge in [-0.25, -0.2) is 14.4 Å². The van der Waals surface area contributed by atoms with E-state index in [1.165, 1.54) is 0 Å². The van der Waals surface area contributed by atoms with E-state index in [4.69, 9.17) is 0 Å². The molecule has 2 aromatic carbocycles. The molecule has 1 aliphatic heterocycles. The fourth-order valence-corrected chi connectivity index (χ4v) is 6.04. The Bertz CT molecular complexity index is 1070. The predicted octanol–water partition coefficient (Wildman–Crippen LogP) is 2.15. The van der Waals surface area contributed by atoms with Crippen LogP contribution in [-0.4, -0.2) is 24.2 Å². The number of nitrogens with zero attached hydrogens (tertiary/aromatic N) is 6. The molecule has 0 N–H and O–H groups in total. The zero-order chi connectivity index (χ0) is 16.1. The molecule has 1 atom stereocenters. The van der Waals surface area contributed by atoms with E-state index in [-0.39, 0.29) is 0 Å². The number of aromatic nitrogens is 5. The lowest BCUT2D eigenvalue weighted by atomic mass is 10.3. The van der Waals surface area contributed by atoms with Crippen LogP contribution in [0.3, 0.4) is 0 Å². The lowest BCUT2D eigenvalue weighted by molar-refractivity contribution is 0.565. The molecule has 7 nitrogen and oxygen atoms in total. The monoisotopic (exact) mass is 336 g/mol. The van der Waals surface area contributed by atoms with E-state index < -0.39 is 7.44 Å². The first kappa shape index (κ1) is 13.5. The van der Waals surface area contributed by atoms with Crippen molar-refractivity contribution < 1.29 is 4.57 Å². The summed E-state index contributed by atoms with van der Waals surface area (Å²) in [5.74, 6) is 0.775. The summed E-state index contributed by atoms with van der Waals surface area (Å²) < 4.78 is 19.7. The van der Waals surface area contributed by atoms with Crippen molar-refractivity contribution >= 4 is 23.8 Å². The van der Waals surface area contributed by atoms with E-state index in [1.807, 2.05) is 58.9 Å². The molecule has 0 fully saturated rings. The number of imidazole rings is 1. The minimum atomic E-state index is -3.14. The molecule has 1 unspecified atom stereocenters. The quantitative estimate of drug-likeness (QED) is 0.525. The Hall–Kier alpha value is -2.92. The van der Waals surface area contributed by atoms with Crippen molar-refractivity contribution in [3.8, 4) is 0 Å². The molecule has 0 aliphatic carbocycles. The molecule has 0 saturated carbocycles. The Morgan fingerprint density at radius 3 is 2.42 bits per heavy atom. The van der Waals surface area contributed by atoms with Crippen LogP contribution < -0.4 is 10.1 Å². The maximum Gasteiger partial charge on any atom is 0.312 e. The zero-order valence-electron chi connectivity index (χ0n) is 12.6. The van der Waals surface area contributed by atoms with Crippen molar-refractivity contribution in [1.29, 1.82) is 0 Å². The Morgan fingerprint density at radius 1 is 0.917 bits per heavy atom. The highest BCUT2D eigenvalue weighted by molar-refractivity contribution is 7.71. The van der Waals surface area contributed by atoms with Crippen molar-refractivity contribution in [2.24, 2.45) is 0 Å². The van der Waals surface area contributed by atoms with E-state index in [0.29, 0.717) is 6.54 Å². The van der Waals surface area contributed by atoms with Gasteiger partial charge in [0.05, 0.1) is 16.3 Å². The topological polar surface area (TPSA) is 68.8 Å². The molecule has 1 aliphatic rings. The van der Waals surface area contributed by atoms with Crippen LogP contribution in [0.15, 0.2) is 67.3 Å². The van der Waals surface area contributed by atoms with Crippen molar-refractivity contribution in [3.63, 3.8) is 0 Å². The second-order valence-corrected chi connectivity index (χ2v) is 8.05. The molecule has 0 radical (unpaired) electrons. The molecule has 0 amide bonds. The lowest BCUT2D eigenvalue weighted by Gasteiger charge is -2.27.